The van der Waals surface area contributed by atoms with E-state index in [0.29, 0.717) is 19.6 Å². The first kappa shape index (κ1) is 16.9. The zero-order valence-electron chi connectivity index (χ0n) is 12.1. The normalized spacial score (nSPS) is 12.7. The standard InChI is InChI=1S/C15H23F2NO2/c1-3-18-14(9-10-19-11-15(16)17)12-5-7-13(8-6-12)20-4-2/h5-8,14-15,18H,3-4,9-11H2,1-2H3. The van der Waals surface area contributed by atoms with Gasteiger partial charge in [0.15, 0.2) is 0 Å². The van der Waals surface area contributed by atoms with Gasteiger partial charge in [-0.3, -0.25) is 0 Å². The Balaban J connectivity index is 2.51. The molecule has 1 atom stereocenters. The maximum Gasteiger partial charge on any atom is 0.261 e. The SMILES string of the molecule is CCNC(CCOCC(F)F)c1ccc(OCC)cc1. The largest absolute Gasteiger partial charge is 0.494 e. The van der Waals surface area contributed by atoms with Crippen molar-refractivity contribution in [3.05, 3.63) is 29.8 Å². The van der Waals surface area contributed by atoms with Crippen molar-refractivity contribution in [2.45, 2.75) is 32.7 Å². The Labute approximate surface area is 119 Å². The van der Waals surface area contributed by atoms with Crippen LogP contribution in [0.2, 0.25) is 0 Å². The number of halogens is 2. The van der Waals surface area contributed by atoms with E-state index in [-0.39, 0.29) is 6.04 Å². The van der Waals surface area contributed by atoms with Crippen molar-refractivity contribution in [2.24, 2.45) is 0 Å². The van der Waals surface area contributed by atoms with Gasteiger partial charge in [0.2, 0.25) is 0 Å². The molecule has 114 valence electrons. The van der Waals surface area contributed by atoms with Crippen LogP contribution in [0.15, 0.2) is 24.3 Å². The minimum Gasteiger partial charge on any atom is -0.494 e. The molecule has 3 nitrogen and oxygen atoms in total. The molecule has 1 rings (SSSR count). The van der Waals surface area contributed by atoms with Crippen LogP contribution in [0.1, 0.15) is 31.9 Å². The summed E-state index contributed by atoms with van der Waals surface area (Å²) in [7, 11) is 0. The zero-order valence-corrected chi connectivity index (χ0v) is 12.1. The van der Waals surface area contributed by atoms with Crippen LogP contribution in [0, 0.1) is 0 Å². The van der Waals surface area contributed by atoms with Crippen LogP contribution in [-0.2, 0) is 4.74 Å². The number of benzene rings is 1. The van der Waals surface area contributed by atoms with Crippen molar-refractivity contribution < 1.29 is 18.3 Å². The molecule has 1 aromatic rings. The van der Waals surface area contributed by atoms with E-state index in [1.54, 1.807) is 0 Å². The summed E-state index contributed by atoms with van der Waals surface area (Å²) in [5, 5.41) is 3.33. The van der Waals surface area contributed by atoms with Gasteiger partial charge in [-0.1, -0.05) is 19.1 Å². The molecule has 0 saturated heterocycles. The molecule has 0 radical (unpaired) electrons. The highest BCUT2D eigenvalue weighted by Crippen LogP contribution is 2.20. The number of ether oxygens (including phenoxy) is 2. The lowest BCUT2D eigenvalue weighted by Gasteiger charge is -2.18. The molecule has 0 saturated carbocycles. The minimum absolute atomic E-state index is 0.105. The fraction of sp³-hybridized carbons (Fsp3) is 0.600. The number of alkyl halides is 2. The molecule has 0 heterocycles. The molecular weight excluding hydrogens is 264 g/mol. The number of rotatable bonds is 10. The summed E-state index contributed by atoms with van der Waals surface area (Å²) in [6.07, 6.45) is -1.74. The fourth-order valence-corrected chi connectivity index (χ4v) is 1.97. The Morgan fingerprint density at radius 1 is 1.15 bits per heavy atom. The lowest BCUT2D eigenvalue weighted by Crippen LogP contribution is -2.22. The monoisotopic (exact) mass is 287 g/mol. The maximum atomic E-state index is 12.0. The van der Waals surface area contributed by atoms with Gasteiger partial charge in [-0.25, -0.2) is 8.78 Å². The van der Waals surface area contributed by atoms with Crippen molar-refractivity contribution in [3.8, 4) is 5.75 Å². The average molecular weight is 287 g/mol. The molecule has 0 aliphatic heterocycles. The molecule has 1 unspecified atom stereocenters. The molecular formula is C15H23F2NO2. The highest BCUT2D eigenvalue weighted by atomic mass is 19.3. The molecule has 20 heavy (non-hydrogen) atoms. The van der Waals surface area contributed by atoms with E-state index >= 15 is 0 Å². The number of hydrogen-bond donors (Lipinski definition) is 1. The van der Waals surface area contributed by atoms with Crippen molar-refractivity contribution in [2.75, 3.05) is 26.4 Å². The highest BCUT2D eigenvalue weighted by Gasteiger charge is 2.11. The van der Waals surface area contributed by atoms with Crippen LogP contribution < -0.4 is 10.1 Å². The summed E-state index contributed by atoms with van der Waals surface area (Å²) in [5.74, 6) is 0.834. The summed E-state index contributed by atoms with van der Waals surface area (Å²) in [6, 6.07) is 7.93. The van der Waals surface area contributed by atoms with Crippen molar-refractivity contribution in [3.63, 3.8) is 0 Å². The van der Waals surface area contributed by atoms with Crippen molar-refractivity contribution >= 4 is 0 Å². The van der Waals surface area contributed by atoms with Gasteiger partial charge in [0.1, 0.15) is 12.4 Å². The first-order chi connectivity index (χ1) is 9.67. The molecule has 1 aromatic carbocycles. The smallest absolute Gasteiger partial charge is 0.261 e. The number of nitrogens with one attached hydrogen (secondary N) is 1. The summed E-state index contributed by atoms with van der Waals surface area (Å²) in [6.45, 7) is 5.22. The second kappa shape index (κ2) is 9.66. The molecule has 1 N–H and O–H groups in total. The predicted octanol–water partition coefficient (Wildman–Crippen LogP) is 3.41. The second-order valence-corrected chi connectivity index (χ2v) is 4.37. The lowest BCUT2D eigenvalue weighted by atomic mass is 10.0. The van der Waals surface area contributed by atoms with Crippen LogP contribution in [-0.4, -0.2) is 32.8 Å². The molecule has 0 aromatic heterocycles. The fourth-order valence-electron chi connectivity index (χ4n) is 1.97. The van der Waals surface area contributed by atoms with Gasteiger partial charge in [0, 0.05) is 12.6 Å². The molecule has 0 fully saturated rings. The minimum atomic E-state index is -2.40. The molecule has 0 aliphatic rings. The van der Waals surface area contributed by atoms with E-state index in [4.69, 9.17) is 9.47 Å². The second-order valence-electron chi connectivity index (χ2n) is 4.37. The third-order valence-corrected chi connectivity index (χ3v) is 2.84. The maximum absolute atomic E-state index is 12.0. The van der Waals surface area contributed by atoms with E-state index in [1.807, 2.05) is 38.1 Å². The third-order valence-electron chi connectivity index (χ3n) is 2.84. The summed E-state index contributed by atoms with van der Waals surface area (Å²) >= 11 is 0. The van der Waals surface area contributed by atoms with Crippen molar-refractivity contribution in [1.29, 1.82) is 0 Å². The quantitative estimate of drug-likeness (QED) is 0.669. The third kappa shape index (κ3) is 6.30. The Kier molecular flexibility index (Phi) is 8.14. The van der Waals surface area contributed by atoms with E-state index in [2.05, 4.69) is 5.32 Å². The Morgan fingerprint density at radius 3 is 2.40 bits per heavy atom. The molecule has 0 bridgehead atoms. The van der Waals surface area contributed by atoms with Gasteiger partial charge in [-0.2, -0.15) is 0 Å². The predicted molar refractivity (Wildman–Crippen MR) is 75.5 cm³/mol. The van der Waals surface area contributed by atoms with Crippen molar-refractivity contribution in [1.82, 2.24) is 5.32 Å². The summed E-state index contributed by atoms with van der Waals surface area (Å²) in [4.78, 5) is 0. The summed E-state index contributed by atoms with van der Waals surface area (Å²) < 4.78 is 34.3. The van der Waals surface area contributed by atoms with Crippen LogP contribution in [0.5, 0.6) is 5.75 Å². The van der Waals surface area contributed by atoms with Crippen LogP contribution in [0.3, 0.4) is 0 Å². The summed E-state index contributed by atoms with van der Waals surface area (Å²) in [5.41, 5.74) is 1.11. The molecule has 0 aliphatic carbocycles. The molecule has 0 spiro atoms. The van der Waals surface area contributed by atoms with Gasteiger partial charge in [-0.05, 0) is 37.6 Å². The van der Waals surface area contributed by atoms with Gasteiger partial charge >= 0.3 is 0 Å². The Hall–Kier alpha value is -1.20. The van der Waals surface area contributed by atoms with Gasteiger partial charge in [0.05, 0.1) is 6.61 Å². The number of hydrogen-bond acceptors (Lipinski definition) is 3. The topological polar surface area (TPSA) is 30.5 Å². The first-order valence-electron chi connectivity index (χ1n) is 6.99. The van der Waals surface area contributed by atoms with Gasteiger partial charge < -0.3 is 14.8 Å². The molecule has 0 amide bonds. The van der Waals surface area contributed by atoms with E-state index in [1.165, 1.54) is 0 Å². The van der Waals surface area contributed by atoms with Crippen LogP contribution in [0.4, 0.5) is 8.78 Å². The average Bonchev–Trinajstić information content (AvgIpc) is 2.43. The van der Waals surface area contributed by atoms with E-state index in [0.717, 1.165) is 17.9 Å². The highest BCUT2D eigenvalue weighted by molar-refractivity contribution is 5.29. The zero-order chi connectivity index (χ0) is 14.8. The van der Waals surface area contributed by atoms with E-state index < -0.39 is 13.0 Å². The van der Waals surface area contributed by atoms with Crippen LogP contribution in [0.25, 0.3) is 0 Å². The van der Waals surface area contributed by atoms with Gasteiger partial charge in [-0.15, -0.1) is 0 Å². The van der Waals surface area contributed by atoms with Gasteiger partial charge in [0.25, 0.3) is 6.43 Å². The Morgan fingerprint density at radius 2 is 1.85 bits per heavy atom. The lowest BCUT2D eigenvalue weighted by molar-refractivity contribution is 0.0144. The van der Waals surface area contributed by atoms with Crippen LogP contribution >= 0.6 is 0 Å². The molecule has 5 heteroatoms. The first-order valence-corrected chi connectivity index (χ1v) is 6.99. The van der Waals surface area contributed by atoms with E-state index in [9.17, 15) is 8.78 Å². The Bertz CT molecular complexity index is 357.